The summed E-state index contributed by atoms with van der Waals surface area (Å²) in [6, 6.07) is 4.73. The van der Waals surface area contributed by atoms with Gasteiger partial charge in [0, 0.05) is 42.9 Å². The Hall–Kier alpha value is -2.51. The van der Waals surface area contributed by atoms with Crippen LogP contribution in [0.1, 0.15) is 37.7 Å². The minimum absolute atomic E-state index is 0.0250. The van der Waals surface area contributed by atoms with Crippen LogP contribution < -0.4 is 4.90 Å². The van der Waals surface area contributed by atoms with Crippen molar-refractivity contribution < 1.29 is 22.8 Å². The molecular weight excluding hydrogens is 349 g/mol. The summed E-state index contributed by atoms with van der Waals surface area (Å²) < 4.78 is 41.0. The second kappa shape index (κ2) is 7.39. The summed E-state index contributed by atoms with van der Waals surface area (Å²) in [5.41, 5.74) is 2.37. The minimum atomic E-state index is -4.71. The minimum Gasteiger partial charge on any atom is -0.410 e. The number of hydrogen-bond acceptors (Lipinski definition) is 4. The van der Waals surface area contributed by atoms with Gasteiger partial charge < -0.3 is 9.64 Å². The highest BCUT2D eigenvalue weighted by atomic mass is 19.4. The lowest BCUT2D eigenvalue weighted by Gasteiger charge is -2.31. The van der Waals surface area contributed by atoms with Gasteiger partial charge in [-0.15, -0.1) is 13.2 Å². The Balaban J connectivity index is 1.94. The van der Waals surface area contributed by atoms with E-state index in [0.29, 0.717) is 12.0 Å². The van der Waals surface area contributed by atoms with Crippen LogP contribution in [0.5, 0.6) is 0 Å². The molecule has 0 spiro atoms. The van der Waals surface area contributed by atoms with Crippen molar-refractivity contribution in [3.63, 3.8) is 0 Å². The Bertz CT molecular complexity index is 751. The van der Waals surface area contributed by atoms with E-state index in [9.17, 15) is 23.3 Å². The molecule has 1 aliphatic carbocycles. The topological polar surface area (TPSA) is 55.6 Å². The van der Waals surface area contributed by atoms with Gasteiger partial charge in [0.1, 0.15) is 5.76 Å². The van der Waals surface area contributed by atoms with Crippen LogP contribution in [0.3, 0.4) is 0 Å². The highest BCUT2D eigenvalue weighted by molar-refractivity contribution is 5.80. The Morgan fingerprint density at radius 3 is 2.38 bits per heavy atom. The van der Waals surface area contributed by atoms with E-state index >= 15 is 0 Å². The van der Waals surface area contributed by atoms with Crippen molar-refractivity contribution in [2.24, 2.45) is 0 Å². The van der Waals surface area contributed by atoms with E-state index in [-0.39, 0.29) is 17.9 Å². The number of ether oxygens (including phenoxy) is 1. The summed E-state index contributed by atoms with van der Waals surface area (Å²) in [5, 5.41) is 11.1. The number of rotatable bonds is 4. The Labute approximate surface area is 148 Å². The number of non-ortho nitro benzene ring substituents is 1. The van der Waals surface area contributed by atoms with Gasteiger partial charge in [0.25, 0.3) is 5.69 Å². The molecular formula is C18H19F3N2O3. The van der Waals surface area contributed by atoms with Gasteiger partial charge in [-0.25, -0.2) is 0 Å². The molecule has 1 aromatic carbocycles. The van der Waals surface area contributed by atoms with Crippen LogP contribution in [-0.2, 0) is 4.74 Å². The number of nitrogens with zero attached hydrogens (tertiary/aromatic N) is 2. The molecule has 0 aromatic heterocycles. The van der Waals surface area contributed by atoms with Gasteiger partial charge in [-0.2, -0.15) is 0 Å². The summed E-state index contributed by atoms with van der Waals surface area (Å²) in [7, 11) is 0. The smallest absolute Gasteiger partial charge is 0.410 e. The number of hydrogen-bond donors (Lipinski definition) is 0. The molecule has 0 amide bonds. The van der Waals surface area contributed by atoms with E-state index in [0.717, 1.165) is 43.6 Å². The normalized spacial score (nSPS) is 18.2. The second-order valence-corrected chi connectivity index (χ2v) is 6.38. The number of nitro groups is 1. The summed E-state index contributed by atoms with van der Waals surface area (Å²) in [6.07, 6.45) is 1.86. The van der Waals surface area contributed by atoms with Gasteiger partial charge in [0.2, 0.25) is 0 Å². The second-order valence-electron chi connectivity index (χ2n) is 6.38. The highest BCUT2D eigenvalue weighted by Crippen LogP contribution is 2.37. The third-order valence-electron chi connectivity index (χ3n) is 4.59. The third kappa shape index (κ3) is 4.36. The van der Waals surface area contributed by atoms with Crippen molar-refractivity contribution in [1.29, 1.82) is 0 Å². The van der Waals surface area contributed by atoms with Crippen molar-refractivity contribution in [1.82, 2.24) is 0 Å². The van der Waals surface area contributed by atoms with E-state index in [1.165, 1.54) is 18.2 Å². The number of nitro benzene ring substituents is 1. The molecule has 0 saturated carbocycles. The van der Waals surface area contributed by atoms with Crippen LogP contribution in [-0.4, -0.2) is 24.4 Å². The van der Waals surface area contributed by atoms with Crippen molar-refractivity contribution in [3.8, 4) is 0 Å². The zero-order chi connectivity index (χ0) is 18.7. The van der Waals surface area contributed by atoms with E-state index in [1.54, 1.807) is 12.1 Å². The Morgan fingerprint density at radius 2 is 1.81 bits per heavy atom. The van der Waals surface area contributed by atoms with Gasteiger partial charge in [-0.3, -0.25) is 10.1 Å². The lowest BCUT2D eigenvalue weighted by atomic mass is 9.93. The first kappa shape index (κ1) is 18.3. The van der Waals surface area contributed by atoms with Crippen molar-refractivity contribution >= 4 is 16.9 Å². The Kier molecular flexibility index (Phi) is 5.20. The highest BCUT2D eigenvalue weighted by Gasteiger charge is 2.32. The fourth-order valence-corrected chi connectivity index (χ4v) is 3.38. The van der Waals surface area contributed by atoms with Crippen LogP contribution in [0.4, 0.5) is 24.5 Å². The van der Waals surface area contributed by atoms with Crippen LogP contribution in [0.25, 0.3) is 5.57 Å². The molecule has 140 valence electrons. The molecule has 0 N–H and O–H groups in total. The first-order chi connectivity index (χ1) is 12.3. The lowest BCUT2D eigenvalue weighted by molar-refractivity contribution is -0.384. The molecule has 5 nitrogen and oxygen atoms in total. The molecule has 0 unspecified atom stereocenters. The molecule has 1 fully saturated rings. The summed E-state index contributed by atoms with van der Waals surface area (Å²) in [5.74, 6) is -0.147. The van der Waals surface area contributed by atoms with Gasteiger partial charge in [0.05, 0.1) is 4.92 Å². The molecule has 1 aromatic rings. The van der Waals surface area contributed by atoms with E-state index in [2.05, 4.69) is 9.64 Å². The monoisotopic (exact) mass is 368 g/mol. The molecule has 1 saturated heterocycles. The van der Waals surface area contributed by atoms with Crippen LogP contribution >= 0.6 is 0 Å². The van der Waals surface area contributed by atoms with E-state index < -0.39 is 11.3 Å². The largest absolute Gasteiger partial charge is 0.572 e. The number of benzene rings is 1. The molecule has 2 aliphatic rings. The maximum atomic E-state index is 12.3. The molecule has 0 bridgehead atoms. The SMILES string of the molecule is O=[N+]([O-])c1ccc(N2CCCCC2)c(C2=CC=C(OC(F)(F)F)CC2)c1. The lowest BCUT2D eigenvalue weighted by Crippen LogP contribution is -2.30. The third-order valence-corrected chi connectivity index (χ3v) is 4.59. The standard InChI is InChI=1S/C18H19F3N2O3/c19-18(20,21)26-15-7-4-13(5-8-15)16-12-14(23(24)25)6-9-17(16)22-10-2-1-3-11-22/h4,6-7,9,12H,1-3,5,8,10-11H2. The number of allylic oxidation sites excluding steroid dienone is 4. The summed E-state index contributed by atoms with van der Waals surface area (Å²) in [6.45, 7) is 1.74. The van der Waals surface area contributed by atoms with Gasteiger partial charge in [-0.05, 0) is 43.4 Å². The summed E-state index contributed by atoms with van der Waals surface area (Å²) >= 11 is 0. The van der Waals surface area contributed by atoms with Crippen LogP contribution in [0.15, 0.2) is 36.1 Å². The first-order valence-corrected chi connectivity index (χ1v) is 8.53. The zero-order valence-corrected chi connectivity index (χ0v) is 14.1. The molecule has 26 heavy (non-hydrogen) atoms. The van der Waals surface area contributed by atoms with Crippen molar-refractivity contribution in [2.45, 2.75) is 38.5 Å². The summed E-state index contributed by atoms with van der Waals surface area (Å²) in [4.78, 5) is 12.9. The van der Waals surface area contributed by atoms with E-state index in [4.69, 9.17) is 0 Å². The fourth-order valence-electron chi connectivity index (χ4n) is 3.38. The van der Waals surface area contributed by atoms with Crippen LogP contribution in [0.2, 0.25) is 0 Å². The van der Waals surface area contributed by atoms with E-state index in [1.807, 2.05) is 0 Å². The van der Waals surface area contributed by atoms with Crippen LogP contribution in [0, 0.1) is 10.1 Å². The van der Waals surface area contributed by atoms with Crippen molar-refractivity contribution in [2.75, 3.05) is 18.0 Å². The quantitative estimate of drug-likeness (QED) is 0.543. The molecule has 1 aliphatic heterocycles. The molecule has 3 rings (SSSR count). The number of alkyl halides is 3. The fraction of sp³-hybridized carbons (Fsp3) is 0.444. The number of halogens is 3. The van der Waals surface area contributed by atoms with Gasteiger partial charge >= 0.3 is 6.36 Å². The zero-order valence-electron chi connectivity index (χ0n) is 14.1. The molecule has 0 atom stereocenters. The molecule has 0 radical (unpaired) electrons. The molecule has 1 heterocycles. The average Bonchev–Trinajstić information content (AvgIpc) is 2.61. The predicted molar refractivity (Wildman–Crippen MR) is 91.6 cm³/mol. The maximum absolute atomic E-state index is 12.3. The number of anilines is 1. The average molecular weight is 368 g/mol. The molecule has 8 heteroatoms. The van der Waals surface area contributed by atoms with Gasteiger partial charge in [0.15, 0.2) is 0 Å². The first-order valence-electron chi connectivity index (χ1n) is 8.53. The van der Waals surface area contributed by atoms with Gasteiger partial charge in [-0.1, -0.05) is 6.08 Å². The number of piperidine rings is 1. The predicted octanol–water partition coefficient (Wildman–Crippen LogP) is 5.18. The van der Waals surface area contributed by atoms with Crippen molar-refractivity contribution in [3.05, 3.63) is 51.8 Å². The Morgan fingerprint density at radius 1 is 1.08 bits per heavy atom. The maximum Gasteiger partial charge on any atom is 0.572 e.